The maximum Gasteiger partial charge on any atom is 0.235 e. The molecule has 0 saturated heterocycles. The summed E-state index contributed by atoms with van der Waals surface area (Å²) < 4.78 is 24.9. The molecule has 7 heteroatoms. The standard InChI is InChI=1S/C12H25N3O3S/c1-14(2)9-8-13-12(16)10-15(19(3,17)18)11-6-4-5-7-11/h11H,4-10H2,1-3H3,(H,13,16). The zero-order valence-corrected chi connectivity index (χ0v) is 12.9. The summed E-state index contributed by atoms with van der Waals surface area (Å²) in [5, 5.41) is 2.75. The summed E-state index contributed by atoms with van der Waals surface area (Å²) in [5.41, 5.74) is 0. The van der Waals surface area contributed by atoms with Crippen molar-refractivity contribution in [2.45, 2.75) is 31.7 Å². The van der Waals surface area contributed by atoms with E-state index in [4.69, 9.17) is 0 Å². The van der Waals surface area contributed by atoms with Crippen molar-refractivity contribution in [3.63, 3.8) is 0 Å². The Kier molecular flexibility index (Phi) is 6.22. The second-order valence-electron chi connectivity index (χ2n) is 5.40. The molecule has 0 bridgehead atoms. The fourth-order valence-electron chi connectivity index (χ4n) is 2.33. The van der Waals surface area contributed by atoms with Gasteiger partial charge in [-0.25, -0.2) is 8.42 Å². The number of hydrogen-bond donors (Lipinski definition) is 1. The number of rotatable bonds is 7. The van der Waals surface area contributed by atoms with Crippen LogP contribution in [0.15, 0.2) is 0 Å². The molecule has 0 radical (unpaired) electrons. The summed E-state index contributed by atoms with van der Waals surface area (Å²) in [4.78, 5) is 13.8. The lowest BCUT2D eigenvalue weighted by Gasteiger charge is -2.25. The molecule has 6 nitrogen and oxygen atoms in total. The van der Waals surface area contributed by atoms with Gasteiger partial charge in [0.2, 0.25) is 15.9 Å². The van der Waals surface area contributed by atoms with E-state index in [0.717, 1.165) is 32.2 Å². The smallest absolute Gasteiger partial charge is 0.235 e. The molecule has 1 aliphatic rings. The van der Waals surface area contributed by atoms with E-state index < -0.39 is 10.0 Å². The van der Waals surface area contributed by atoms with Crippen LogP contribution in [0.5, 0.6) is 0 Å². The van der Waals surface area contributed by atoms with Crippen LogP contribution in [0.4, 0.5) is 0 Å². The minimum atomic E-state index is -3.32. The van der Waals surface area contributed by atoms with E-state index in [9.17, 15) is 13.2 Å². The van der Waals surface area contributed by atoms with Crippen molar-refractivity contribution in [3.8, 4) is 0 Å². The van der Waals surface area contributed by atoms with Crippen LogP contribution in [0.1, 0.15) is 25.7 Å². The molecule has 0 heterocycles. The molecule has 0 unspecified atom stereocenters. The maximum atomic E-state index is 11.8. The fraction of sp³-hybridized carbons (Fsp3) is 0.917. The van der Waals surface area contributed by atoms with Crippen molar-refractivity contribution < 1.29 is 13.2 Å². The molecule has 0 aromatic heterocycles. The molecule has 1 saturated carbocycles. The lowest BCUT2D eigenvalue weighted by molar-refractivity contribution is -0.121. The van der Waals surface area contributed by atoms with Crippen LogP contribution >= 0.6 is 0 Å². The van der Waals surface area contributed by atoms with Gasteiger partial charge in [0.15, 0.2) is 0 Å². The molecular weight excluding hydrogens is 266 g/mol. The van der Waals surface area contributed by atoms with Gasteiger partial charge >= 0.3 is 0 Å². The summed E-state index contributed by atoms with van der Waals surface area (Å²) in [6.07, 6.45) is 4.98. The Hall–Kier alpha value is -0.660. The van der Waals surface area contributed by atoms with E-state index >= 15 is 0 Å². The first-order chi connectivity index (χ1) is 8.80. The maximum absolute atomic E-state index is 11.8. The van der Waals surface area contributed by atoms with E-state index in [1.54, 1.807) is 0 Å². The lowest BCUT2D eigenvalue weighted by atomic mass is 10.2. The Bertz CT molecular complexity index is 389. The van der Waals surface area contributed by atoms with Crippen LogP contribution in [0, 0.1) is 0 Å². The van der Waals surface area contributed by atoms with Crippen molar-refractivity contribution in [1.29, 1.82) is 0 Å². The lowest BCUT2D eigenvalue weighted by Crippen LogP contribution is -2.45. The number of likely N-dealkylation sites (N-methyl/N-ethyl adjacent to an activating group) is 1. The van der Waals surface area contributed by atoms with Crippen LogP contribution in [0.2, 0.25) is 0 Å². The van der Waals surface area contributed by atoms with Gasteiger partial charge in [-0.1, -0.05) is 12.8 Å². The second kappa shape index (κ2) is 7.21. The largest absolute Gasteiger partial charge is 0.354 e. The Balaban J connectivity index is 2.50. The highest BCUT2D eigenvalue weighted by molar-refractivity contribution is 7.88. The Morgan fingerprint density at radius 1 is 1.26 bits per heavy atom. The normalized spacial score (nSPS) is 17.3. The van der Waals surface area contributed by atoms with E-state index in [-0.39, 0.29) is 18.5 Å². The average molecular weight is 291 g/mol. The number of nitrogens with one attached hydrogen (secondary N) is 1. The zero-order valence-electron chi connectivity index (χ0n) is 12.1. The van der Waals surface area contributed by atoms with Crippen LogP contribution in [0.3, 0.4) is 0 Å². The third-order valence-corrected chi connectivity index (χ3v) is 4.62. The first kappa shape index (κ1) is 16.4. The van der Waals surface area contributed by atoms with Gasteiger partial charge in [0, 0.05) is 19.1 Å². The number of nitrogens with zero attached hydrogens (tertiary/aromatic N) is 2. The predicted octanol–water partition coefficient (Wildman–Crippen LogP) is -0.132. The monoisotopic (exact) mass is 291 g/mol. The third-order valence-electron chi connectivity index (χ3n) is 3.34. The van der Waals surface area contributed by atoms with Gasteiger partial charge in [-0.15, -0.1) is 0 Å². The summed E-state index contributed by atoms with van der Waals surface area (Å²) >= 11 is 0. The number of hydrogen-bond acceptors (Lipinski definition) is 4. The number of carbonyl (C=O) groups is 1. The van der Waals surface area contributed by atoms with E-state index in [1.807, 2.05) is 19.0 Å². The molecule has 0 spiro atoms. The Morgan fingerprint density at radius 3 is 2.32 bits per heavy atom. The Labute approximate surface area is 116 Å². The van der Waals surface area contributed by atoms with Crippen LogP contribution in [-0.4, -0.2) is 69.6 Å². The minimum Gasteiger partial charge on any atom is -0.354 e. The van der Waals surface area contributed by atoms with Gasteiger partial charge in [-0.3, -0.25) is 4.79 Å². The first-order valence-corrected chi connectivity index (χ1v) is 8.54. The molecule has 1 N–H and O–H groups in total. The topological polar surface area (TPSA) is 69.7 Å². The van der Waals surface area contributed by atoms with Gasteiger partial charge in [-0.05, 0) is 26.9 Å². The quantitative estimate of drug-likeness (QED) is 0.709. The highest BCUT2D eigenvalue weighted by Gasteiger charge is 2.30. The molecule has 1 fully saturated rings. The van der Waals surface area contributed by atoms with Crippen molar-refractivity contribution in [1.82, 2.24) is 14.5 Å². The predicted molar refractivity (Wildman–Crippen MR) is 75.4 cm³/mol. The van der Waals surface area contributed by atoms with E-state index in [1.165, 1.54) is 10.6 Å². The van der Waals surface area contributed by atoms with Crippen molar-refractivity contribution in [2.75, 3.05) is 40.0 Å². The molecule has 1 amide bonds. The molecule has 112 valence electrons. The van der Waals surface area contributed by atoms with Gasteiger partial charge < -0.3 is 10.2 Å². The number of sulfonamides is 1. The van der Waals surface area contributed by atoms with Gasteiger partial charge in [-0.2, -0.15) is 4.31 Å². The number of amides is 1. The van der Waals surface area contributed by atoms with Gasteiger partial charge in [0.25, 0.3) is 0 Å². The fourth-order valence-corrected chi connectivity index (χ4v) is 3.43. The molecule has 0 aromatic carbocycles. The highest BCUT2D eigenvalue weighted by Crippen LogP contribution is 2.24. The minimum absolute atomic E-state index is 0.00500. The molecule has 1 rings (SSSR count). The first-order valence-electron chi connectivity index (χ1n) is 6.69. The summed E-state index contributed by atoms with van der Waals surface area (Å²) in [7, 11) is 0.526. The third kappa shape index (κ3) is 5.88. The molecule has 1 aliphatic carbocycles. The van der Waals surface area contributed by atoms with Crippen molar-refractivity contribution >= 4 is 15.9 Å². The molecule has 0 atom stereocenters. The average Bonchev–Trinajstić information content (AvgIpc) is 2.76. The number of carbonyl (C=O) groups excluding carboxylic acids is 1. The molecule has 0 aliphatic heterocycles. The summed E-state index contributed by atoms with van der Waals surface area (Å²) in [6, 6.07) is -0.00500. The Morgan fingerprint density at radius 2 is 1.84 bits per heavy atom. The van der Waals surface area contributed by atoms with E-state index in [0.29, 0.717) is 6.54 Å². The SMILES string of the molecule is CN(C)CCNC(=O)CN(C1CCCC1)S(C)(=O)=O. The van der Waals surface area contributed by atoms with Gasteiger partial charge in [0.05, 0.1) is 12.8 Å². The van der Waals surface area contributed by atoms with Crippen LogP contribution in [0.25, 0.3) is 0 Å². The summed E-state index contributed by atoms with van der Waals surface area (Å²) in [5.74, 6) is -0.223. The van der Waals surface area contributed by atoms with E-state index in [2.05, 4.69) is 5.32 Å². The highest BCUT2D eigenvalue weighted by atomic mass is 32.2. The molecule has 0 aromatic rings. The van der Waals surface area contributed by atoms with Crippen molar-refractivity contribution in [2.24, 2.45) is 0 Å². The molecular formula is C12H25N3O3S. The van der Waals surface area contributed by atoms with Crippen molar-refractivity contribution in [3.05, 3.63) is 0 Å². The van der Waals surface area contributed by atoms with Gasteiger partial charge in [0.1, 0.15) is 0 Å². The summed E-state index contributed by atoms with van der Waals surface area (Å²) in [6.45, 7) is 1.22. The van der Waals surface area contributed by atoms with Crippen LogP contribution < -0.4 is 5.32 Å². The second-order valence-corrected chi connectivity index (χ2v) is 7.33. The zero-order chi connectivity index (χ0) is 14.5. The molecule has 19 heavy (non-hydrogen) atoms. The van der Waals surface area contributed by atoms with Crippen LogP contribution in [-0.2, 0) is 14.8 Å².